The van der Waals surface area contributed by atoms with E-state index in [4.69, 9.17) is 19.7 Å². The van der Waals surface area contributed by atoms with E-state index in [1.807, 2.05) is 146 Å². The number of nitriles is 3. The molecule has 652 valence electrons. The molecule has 0 fully saturated rings. The predicted octanol–water partition coefficient (Wildman–Crippen LogP) is 34.7. The van der Waals surface area contributed by atoms with Crippen molar-refractivity contribution >= 4 is 150 Å². The highest BCUT2D eigenvalue weighted by Gasteiger charge is 2.34. The van der Waals surface area contributed by atoms with Crippen LogP contribution in [-0.4, -0.2) is 0 Å². The molecular weight excluding hydrogens is 1710 g/mol. The van der Waals surface area contributed by atoms with Crippen LogP contribution in [-0.2, 0) is 10.8 Å². The second-order valence-electron chi connectivity index (χ2n) is 35.2. The molecule has 0 amide bonds. The Bertz CT molecular complexity index is 7990. The average molecular weight is 1780 g/mol. The molecule has 0 spiro atoms. The minimum atomic E-state index is -0.854. The Kier molecular flexibility index (Phi) is 22.5. The third-order valence-corrected chi connectivity index (χ3v) is 24.9. The summed E-state index contributed by atoms with van der Waals surface area (Å²) in [5, 5.41) is 38.6. The Morgan fingerprint density at radius 1 is 0.250 bits per heavy atom. The van der Waals surface area contributed by atoms with Crippen molar-refractivity contribution in [3.05, 3.63) is 448 Å². The third kappa shape index (κ3) is 15.8. The van der Waals surface area contributed by atoms with Crippen molar-refractivity contribution in [1.82, 2.24) is 0 Å². The van der Waals surface area contributed by atoms with Crippen molar-refractivity contribution in [3.63, 3.8) is 0 Å². The number of halogens is 8. The fraction of sp³-hybridized carbons (Fsp3) is 0.0678. The van der Waals surface area contributed by atoms with Crippen LogP contribution >= 0.6 is 0 Å². The zero-order valence-electron chi connectivity index (χ0n) is 73.8. The molecule has 0 atom stereocenters. The van der Waals surface area contributed by atoms with Crippen LogP contribution in [0.3, 0.4) is 0 Å². The summed E-state index contributed by atoms with van der Waals surface area (Å²) in [6.45, 7) is 35.2. The van der Waals surface area contributed by atoms with Crippen molar-refractivity contribution in [2.75, 3.05) is 19.6 Å². The number of anilines is 12. The maximum absolute atomic E-state index is 17.2. The van der Waals surface area contributed by atoms with Crippen molar-refractivity contribution in [1.29, 1.82) is 15.8 Å². The monoisotopic (exact) mass is 1780 g/mol. The molecule has 0 saturated heterocycles. The predicted molar refractivity (Wildman–Crippen MR) is 531 cm³/mol. The minimum Gasteiger partial charge on any atom is -0.307 e. The molecule has 20 aromatic rings. The lowest BCUT2D eigenvalue weighted by molar-refractivity contribution is 0.582. The molecule has 0 radical (unpaired) electrons. The van der Waals surface area contributed by atoms with Gasteiger partial charge in [0.25, 0.3) is 0 Å². The lowest BCUT2D eigenvalue weighted by Gasteiger charge is -2.32. The van der Waals surface area contributed by atoms with Crippen LogP contribution in [0.1, 0.15) is 69.4 Å². The first-order valence-corrected chi connectivity index (χ1v) is 43.4. The van der Waals surface area contributed by atoms with Crippen LogP contribution in [0.2, 0.25) is 0 Å². The average Bonchev–Trinajstić information content (AvgIpc) is 0.714. The Balaban J connectivity index is 0.000000175. The highest BCUT2D eigenvalue weighted by molar-refractivity contribution is 6.30. The van der Waals surface area contributed by atoms with Gasteiger partial charge < -0.3 is 19.6 Å². The Morgan fingerprint density at radius 2 is 0.478 bits per heavy atom. The maximum Gasteiger partial charge on any atom is 0.187 e. The molecule has 0 aromatic heterocycles. The Morgan fingerprint density at radius 3 is 0.743 bits per heavy atom. The van der Waals surface area contributed by atoms with Gasteiger partial charge >= 0.3 is 0 Å². The number of rotatable bonds is 16. The fourth-order valence-corrected chi connectivity index (χ4v) is 18.8. The van der Waals surface area contributed by atoms with Crippen molar-refractivity contribution in [2.45, 2.75) is 52.4 Å². The van der Waals surface area contributed by atoms with E-state index in [0.29, 0.717) is 123 Å². The second kappa shape index (κ2) is 35.1. The zero-order valence-corrected chi connectivity index (χ0v) is 73.8. The lowest BCUT2D eigenvalue weighted by Crippen LogP contribution is -2.17. The normalized spacial score (nSPS) is 11.4. The van der Waals surface area contributed by atoms with E-state index in [2.05, 4.69) is 74.3 Å². The molecule has 20 aromatic carbocycles. The number of nitrogens with zero attached hydrogens (tertiary/aromatic N) is 10. The van der Waals surface area contributed by atoms with Crippen molar-refractivity contribution in [3.8, 4) is 62.7 Å². The maximum atomic E-state index is 17.2. The van der Waals surface area contributed by atoms with E-state index >= 15 is 35.1 Å². The van der Waals surface area contributed by atoms with Gasteiger partial charge in [-0.15, -0.1) is 0 Å². The number of hydrogen-bond acceptors (Lipinski definition) is 7. The summed E-state index contributed by atoms with van der Waals surface area (Å²) in [5.74, 6) is -6.29. The Labute approximate surface area is 779 Å². The van der Waals surface area contributed by atoms with Gasteiger partial charge in [-0.3, -0.25) is 0 Å². The van der Waals surface area contributed by atoms with E-state index in [9.17, 15) is 15.8 Å². The molecule has 0 aliphatic rings. The highest BCUT2D eigenvalue weighted by atomic mass is 19.2. The molecule has 0 heterocycles. The standard InChI is InChI=1S/C62H46F4N4.C56H28F4N6/c1-61(2,3)51-14-10-8-12-45(51)49-32-40(63)34-53(65)59(49)69(43-24-16-37(36-67)17-25-43)55-30-20-38-19-29-48-56(31-21-39-18-28-47(55)57(38)58(39)48)70(44-26-22-42(68-7)23-27-44)60-50(33-41(64)35-54(60)66)46-13-9-11-15-52(46)62(4,5)6;1-63-41-15-9-36(10-16-41)48-28-40(58)30-50(60)56(48)66(44-21-17-42(64-2)18-22-44)52-26-14-38-11-23-45-51(25-13-37-12-24-46(52)54(38)53(37)45)65(43-19-5-34(32-62)6-20-43)55-47(27-39(57)29-49(55)59)35-7-3-33(31-61)4-8-35/h8-35H,1-6H3;3-30H. The molecule has 20 rings (SSSR count). The van der Waals surface area contributed by atoms with Crippen molar-refractivity contribution < 1.29 is 35.1 Å². The summed E-state index contributed by atoms with van der Waals surface area (Å²) in [7, 11) is 0. The largest absolute Gasteiger partial charge is 0.307 e. The van der Waals surface area contributed by atoms with Crippen molar-refractivity contribution in [2.24, 2.45) is 0 Å². The second-order valence-corrected chi connectivity index (χ2v) is 35.2. The first-order valence-electron chi connectivity index (χ1n) is 43.4. The summed E-state index contributed by atoms with van der Waals surface area (Å²) in [6, 6.07) is 102. The van der Waals surface area contributed by atoms with E-state index < -0.39 is 46.5 Å². The highest BCUT2D eigenvalue weighted by Crippen LogP contribution is 2.56. The molecule has 0 saturated carbocycles. The van der Waals surface area contributed by atoms with Crippen LogP contribution < -0.4 is 19.6 Å². The quantitative estimate of drug-likeness (QED) is 0.0540. The van der Waals surface area contributed by atoms with Gasteiger partial charge in [0.05, 0.1) is 100 Å². The van der Waals surface area contributed by atoms with Gasteiger partial charge in [-0.1, -0.05) is 224 Å². The SMILES string of the molecule is [C-]#[N+]c1ccc(-c2cc(F)cc(F)c2N(c2ccc([N+]#[C-])cc2)c2ccc3ccc4c(N(c5ccc(C#N)cc5)c5c(F)cc(F)cc5-c5ccc(C#N)cc5)ccc5ccc2c3c54)cc1.[C-]#[N+]c1ccc(N(c2c(F)cc(F)cc2-c2ccccc2C(C)(C)C)c2ccc3ccc4c(N(c5ccc(C#N)cc5)c5c(F)cc(F)cc5-c5ccccc5C(C)(C)C)ccc5ccc2c3c54)cc1. The van der Waals surface area contributed by atoms with E-state index in [0.717, 1.165) is 89.3 Å². The van der Waals surface area contributed by atoms with E-state index in [1.54, 1.807) is 165 Å². The van der Waals surface area contributed by atoms with Crippen LogP contribution in [0.4, 0.5) is 120 Å². The first kappa shape index (κ1) is 87.4. The smallest absolute Gasteiger partial charge is 0.187 e. The third-order valence-electron chi connectivity index (χ3n) is 24.9. The van der Waals surface area contributed by atoms with Gasteiger partial charge in [0, 0.05) is 90.8 Å². The molecule has 18 heteroatoms. The van der Waals surface area contributed by atoms with Gasteiger partial charge in [0.15, 0.2) is 40.3 Å². The van der Waals surface area contributed by atoms with Gasteiger partial charge in [0.1, 0.15) is 23.3 Å². The Hall–Kier alpha value is -17.9. The summed E-state index contributed by atoms with van der Waals surface area (Å²) < 4.78 is 130. The lowest BCUT2D eigenvalue weighted by atomic mass is 9.81. The molecule has 0 N–H and O–H groups in total. The minimum absolute atomic E-state index is 0.0271. The molecule has 0 aliphatic heterocycles. The molecule has 136 heavy (non-hydrogen) atoms. The molecule has 0 aliphatic carbocycles. The molecule has 0 bridgehead atoms. The van der Waals surface area contributed by atoms with Crippen LogP contribution in [0.15, 0.2) is 340 Å². The molecule has 10 nitrogen and oxygen atoms in total. The van der Waals surface area contributed by atoms with Crippen LogP contribution in [0.25, 0.3) is 124 Å². The summed E-state index contributed by atoms with van der Waals surface area (Å²) in [4.78, 5) is 17.7. The number of hydrogen-bond donors (Lipinski definition) is 0. The molecular formula is C118H74F8N10. The summed E-state index contributed by atoms with van der Waals surface area (Å²) >= 11 is 0. The van der Waals surface area contributed by atoms with Crippen LogP contribution in [0.5, 0.6) is 0 Å². The van der Waals surface area contributed by atoms with Gasteiger partial charge in [0.2, 0.25) is 0 Å². The van der Waals surface area contributed by atoms with Gasteiger partial charge in [-0.25, -0.2) is 49.7 Å². The topological polar surface area (TPSA) is 97.4 Å². The summed E-state index contributed by atoms with van der Waals surface area (Å²) in [5.41, 5.74) is 11.4. The van der Waals surface area contributed by atoms with E-state index in [-0.39, 0.29) is 44.7 Å². The van der Waals surface area contributed by atoms with E-state index in [1.165, 1.54) is 24.3 Å². The van der Waals surface area contributed by atoms with Crippen LogP contribution in [0, 0.1) is 100 Å². The van der Waals surface area contributed by atoms with Gasteiger partial charge in [-0.2, -0.15) is 15.8 Å². The molecule has 0 unspecified atom stereocenters. The number of benzene rings is 20. The summed E-state index contributed by atoms with van der Waals surface area (Å²) in [6.07, 6.45) is 0. The first-order chi connectivity index (χ1) is 65.7. The fourth-order valence-electron chi connectivity index (χ4n) is 18.8. The van der Waals surface area contributed by atoms with Gasteiger partial charge in [-0.05, 0) is 221 Å². The zero-order chi connectivity index (χ0) is 94.9.